The van der Waals surface area contributed by atoms with Gasteiger partial charge >= 0.3 is 0 Å². The van der Waals surface area contributed by atoms with Crippen molar-refractivity contribution in [3.63, 3.8) is 0 Å². The van der Waals surface area contributed by atoms with Gasteiger partial charge in [0.2, 0.25) is 0 Å². The molecule has 0 bridgehead atoms. The number of nitriles is 1. The normalized spacial score (nSPS) is 16.7. The number of ketones is 2. The Hall–Kier alpha value is -3.69. The second-order valence-corrected chi connectivity index (χ2v) is 9.03. The predicted molar refractivity (Wildman–Crippen MR) is 140 cm³/mol. The van der Waals surface area contributed by atoms with Gasteiger partial charge in [0, 0.05) is 35.1 Å². The maximum atomic E-state index is 12.7. The van der Waals surface area contributed by atoms with Gasteiger partial charge in [-0.3, -0.25) is 14.6 Å². The van der Waals surface area contributed by atoms with E-state index < -0.39 is 0 Å². The van der Waals surface area contributed by atoms with Crippen LogP contribution in [0.2, 0.25) is 0 Å². The van der Waals surface area contributed by atoms with Crippen LogP contribution in [0.4, 0.5) is 4.39 Å². The molecule has 1 aliphatic carbocycles. The van der Waals surface area contributed by atoms with Crippen molar-refractivity contribution in [3.05, 3.63) is 88.9 Å². The topological polar surface area (TPSA) is 106 Å². The average molecular weight is 488 g/mol. The molecule has 3 aromatic rings. The number of aryl methyl sites for hydroxylation is 2. The summed E-state index contributed by atoms with van der Waals surface area (Å²) in [6, 6.07) is 19.7. The largest absolute Gasteiger partial charge is 0.344 e. The van der Waals surface area contributed by atoms with Crippen molar-refractivity contribution in [1.29, 1.82) is 5.26 Å². The molecule has 4 rings (SSSR count). The Labute approximate surface area is 213 Å². The number of nitrogens with zero attached hydrogens (tertiary/aromatic N) is 2. The average Bonchev–Trinajstić information content (AvgIpc) is 2.87. The third kappa shape index (κ3) is 7.16. The number of hydrogen-bond donors (Lipinski definition) is 1. The van der Waals surface area contributed by atoms with Crippen LogP contribution < -0.4 is 6.15 Å². The Morgan fingerprint density at radius 2 is 1.86 bits per heavy atom. The minimum Gasteiger partial charge on any atom is -0.344 e. The van der Waals surface area contributed by atoms with Gasteiger partial charge in [0.25, 0.3) is 0 Å². The fourth-order valence-corrected chi connectivity index (χ4v) is 4.46. The fourth-order valence-electron chi connectivity index (χ4n) is 4.46. The molecule has 1 saturated carbocycles. The Kier molecular flexibility index (Phi) is 10.6. The number of hydrogen-bond acceptors (Lipinski definition) is 5. The third-order valence-electron chi connectivity index (χ3n) is 6.52. The smallest absolute Gasteiger partial charge is 0.165 e. The fraction of sp³-hybridized carbons (Fsp3) is 0.333. The van der Waals surface area contributed by atoms with Crippen LogP contribution in [0, 0.1) is 35.9 Å². The summed E-state index contributed by atoms with van der Waals surface area (Å²) >= 11 is 0. The van der Waals surface area contributed by atoms with Crippen LogP contribution in [0.1, 0.15) is 66.7 Å². The SMILES string of the molecule is CCc1cccc(F)c1.Cc1nc(-c2ccccc2C#N)ccc1C(=O)C[C@@H]1CCCC(C)C1=O.N. The van der Waals surface area contributed by atoms with Crippen molar-refractivity contribution in [2.24, 2.45) is 11.8 Å². The molecule has 0 amide bonds. The highest BCUT2D eigenvalue weighted by Gasteiger charge is 2.30. The van der Waals surface area contributed by atoms with Crippen molar-refractivity contribution in [2.75, 3.05) is 0 Å². The second-order valence-electron chi connectivity index (χ2n) is 9.03. The predicted octanol–water partition coefficient (Wildman–Crippen LogP) is 7.06. The number of carbonyl (C=O) groups excluding carboxylic acids is 2. The molecule has 188 valence electrons. The van der Waals surface area contributed by atoms with E-state index in [2.05, 4.69) is 11.1 Å². The van der Waals surface area contributed by atoms with Crippen LogP contribution in [0.5, 0.6) is 0 Å². The van der Waals surface area contributed by atoms with Crippen molar-refractivity contribution in [3.8, 4) is 17.3 Å². The van der Waals surface area contributed by atoms with E-state index in [1.54, 1.807) is 37.3 Å². The van der Waals surface area contributed by atoms with E-state index in [0.29, 0.717) is 22.5 Å². The highest BCUT2D eigenvalue weighted by molar-refractivity contribution is 6.00. The molecule has 5 nitrogen and oxygen atoms in total. The minimum atomic E-state index is -0.162. The molecule has 3 N–H and O–H groups in total. The monoisotopic (exact) mass is 487 g/mol. The Balaban J connectivity index is 0.000000386. The minimum absolute atomic E-state index is 0. The van der Waals surface area contributed by atoms with Gasteiger partial charge in [-0.1, -0.05) is 50.6 Å². The van der Waals surface area contributed by atoms with Gasteiger partial charge < -0.3 is 6.15 Å². The molecule has 1 aliphatic rings. The van der Waals surface area contributed by atoms with Crippen LogP contribution in [0.3, 0.4) is 0 Å². The quantitative estimate of drug-likeness (QED) is 0.388. The zero-order chi connectivity index (χ0) is 25.4. The van der Waals surface area contributed by atoms with Gasteiger partial charge in [0.1, 0.15) is 11.6 Å². The lowest BCUT2D eigenvalue weighted by molar-refractivity contribution is -0.128. The van der Waals surface area contributed by atoms with Gasteiger partial charge in [-0.25, -0.2) is 4.39 Å². The van der Waals surface area contributed by atoms with Crippen molar-refractivity contribution >= 4 is 11.6 Å². The summed E-state index contributed by atoms with van der Waals surface area (Å²) in [7, 11) is 0. The molecule has 6 heteroatoms. The maximum Gasteiger partial charge on any atom is 0.165 e. The standard InChI is InChI=1S/C22H22N2O2.C8H9F.H3N/c1-14-6-5-8-16(22(14)26)12-21(25)18-10-11-20(24-15(18)2)19-9-4-3-7-17(19)13-23;1-2-7-4-3-5-8(9)6-7;/h3-4,7,9-11,14,16H,5-6,8,12H2,1-2H3;3-6H,2H2,1H3;1H3/t14?,16-;;/m0../s1. The molecule has 1 unspecified atom stereocenters. The molecule has 1 heterocycles. The summed E-state index contributed by atoms with van der Waals surface area (Å²) < 4.78 is 12.4. The van der Waals surface area contributed by atoms with E-state index in [0.717, 1.165) is 36.8 Å². The number of aromatic nitrogens is 1. The summed E-state index contributed by atoms with van der Waals surface area (Å²) in [5, 5.41) is 9.26. The number of rotatable bonds is 5. The number of Topliss-reactive ketones (excluding diaryl/α,β-unsaturated/α-hetero) is 2. The summed E-state index contributed by atoms with van der Waals surface area (Å²) in [5.41, 5.74) is 4.24. The zero-order valence-corrected chi connectivity index (χ0v) is 21.3. The van der Waals surface area contributed by atoms with Crippen LogP contribution in [-0.4, -0.2) is 16.6 Å². The summed E-state index contributed by atoms with van der Waals surface area (Å²) in [4.78, 5) is 29.5. The molecule has 2 atom stereocenters. The van der Waals surface area contributed by atoms with E-state index in [9.17, 15) is 19.2 Å². The molecule has 0 saturated heterocycles. The molecule has 0 spiro atoms. The van der Waals surface area contributed by atoms with Crippen molar-refractivity contribution < 1.29 is 14.0 Å². The van der Waals surface area contributed by atoms with Gasteiger partial charge in [-0.05, 0) is 62.1 Å². The molecule has 1 fully saturated rings. The highest BCUT2D eigenvalue weighted by atomic mass is 19.1. The lowest BCUT2D eigenvalue weighted by Crippen LogP contribution is -2.28. The van der Waals surface area contributed by atoms with Crippen LogP contribution in [-0.2, 0) is 11.2 Å². The number of benzene rings is 2. The Morgan fingerprint density at radius 3 is 2.50 bits per heavy atom. The molecule has 0 radical (unpaired) electrons. The molecule has 36 heavy (non-hydrogen) atoms. The molecule has 1 aromatic heterocycles. The Bertz CT molecular complexity index is 1250. The molecule has 2 aromatic carbocycles. The first-order valence-corrected chi connectivity index (χ1v) is 12.1. The van der Waals surface area contributed by atoms with E-state index in [-0.39, 0.29) is 41.8 Å². The highest BCUT2D eigenvalue weighted by Crippen LogP contribution is 2.29. The lowest BCUT2D eigenvalue weighted by atomic mass is 9.78. The first-order chi connectivity index (χ1) is 16.8. The number of pyridine rings is 1. The van der Waals surface area contributed by atoms with Crippen LogP contribution >= 0.6 is 0 Å². The molecular formula is C30H34FN3O2. The lowest BCUT2D eigenvalue weighted by Gasteiger charge is -2.25. The maximum absolute atomic E-state index is 12.7. The van der Waals surface area contributed by atoms with Gasteiger partial charge in [-0.15, -0.1) is 0 Å². The zero-order valence-electron chi connectivity index (χ0n) is 21.3. The first kappa shape index (κ1) is 28.5. The molecule has 0 aliphatic heterocycles. The molecular weight excluding hydrogens is 453 g/mol. The van der Waals surface area contributed by atoms with E-state index in [1.807, 2.05) is 38.1 Å². The van der Waals surface area contributed by atoms with Gasteiger partial charge in [0.15, 0.2) is 5.78 Å². The van der Waals surface area contributed by atoms with Gasteiger partial charge in [-0.2, -0.15) is 5.26 Å². The Morgan fingerprint density at radius 1 is 1.11 bits per heavy atom. The van der Waals surface area contributed by atoms with E-state index in [4.69, 9.17) is 0 Å². The first-order valence-electron chi connectivity index (χ1n) is 12.1. The van der Waals surface area contributed by atoms with Crippen LogP contribution in [0.25, 0.3) is 11.3 Å². The number of halogens is 1. The van der Waals surface area contributed by atoms with Crippen molar-refractivity contribution in [1.82, 2.24) is 11.1 Å². The van der Waals surface area contributed by atoms with Crippen LogP contribution in [0.15, 0.2) is 60.7 Å². The van der Waals surface area contributed by atoms with E-state index in [1.165, 1.54) is 6.07 Å². The van der Waals surface area contributed by atoms with Gasteiger partial charge in [0.05, 0.1) is 17.3 Å². The number of carbonyl (C=O) groups is 2. The summed E-state index contributed by atoms with van der Waals surface area (Å²) in [5.74, 6) is -0.0537. The van der Waals surface area contributed by atoms with Crippen molar-refractivity contribution in [2.45, 2.75) is 52.9 Å². The summed E-state index contributed by atoms with van der Waals surface area (Å²) in [6.45, 7) is 5.76. The van der Waals surface area contributed by atoms with E-state index >= 15 is 0 Å². The third-order valence-corrected chi connectivity index (χ3v) is 6.52. The summed E-state index contributed by atoms with van der Waals surface area (Å²) in [6.07, 6.45) is 3.90. The second kappa shape index (κ2) is 13.4.